The Labute approximate surface area is 136 Å². The summed E-state index contributed by atoms with van der Waals surface area (Å²) >= 11 is 1.61. The van der Waals surface area contributed by atoms with Gasteiger partial charge in [-0.3, -0.25) is 9.59 Å². The molecule has 0 spiro atoms. The molecule has 8 nitrogen and oxygen atoms in total. The smallest absolute Gasteiger partial charge is 0.306 e. The van der Waals surface area contributed by atoms with Crippen molar-refractivity contribution in [3.63, 3.8) is 0 Å². The average Bonchev–Trinajstić information content (AvgIpc) is 3.18. The highest BCUT2D eigenvalue weighted by atomic mass is 32.1. The molecule has 0 saturated carbocycles. The van der Waals surface area contributed by atoms with E-state index in [1.54, 1.807) is 27.1 Å². The minimum Gasteiger partial charge on any atom is -0.481 e. The second-order valence-corrected chi connectivity index (χ2v) is 6.25. The molecule has 1 saturated heterocycles. The third-order valence-corrected chi connectivity index (χ3v) is 4.35. The van der Waals surface area contributed by atoms with Crippen molar-refractivity contribution in [2.24, 2.45) is 0 Å². The van der Waals surface area contributed by atoms with Gasteiger partial charge in [0, 0.05) is 18.0 Å². The molecule has 2 aromatic heterocycles. The lowest BCUT2D eigenvalue weighted by molar-refractivity contribution is -0.141. The molecule has 1 fully saturated rings. The highest BCUT2D eigenvalue weighted by Gasteiger charge is 2.28. The van der Waals surface area contributed by atoms with E-state index in [0.29, 0.717) is 19.7 Å². The van der Waals surface area contributed by atoms with Crippen molar-refractivity contribution in [3.05, 3.63) is 34.3 Å². The highest BCUT2D eigenvalue weighted by molar-refractivity contribution is 7.09. The number of carboxylic acids is 1. The van der Waals surface area contributed by atoms with Gasteiger partial charge in [0.1, 0.15) is 0 Å². The maximum Gasteiger partial charge on any atom is 0.306 e. The maximum atomic E-state index is 12.5. The third-order valence-electron chi connectivity index (χ3n) is 3.48. The summed E-state index contributed by atoms with van der Waals surface area (Å²) in [5, 5.41) is 18.7. The number of ether oxygens (including phenoxy) is 1. The molecule has 1 aliphatic heterocycles. The largest absolute Gasteiger partial charge is 0.481 e. The third kappa shape index (κ3) is 3.93. The van der Waals surface area contributed by atoms with Crippen molar-refractivity contribution in [2.75, 3.05) is 19.7 Å². The van der Waals surface area contributed by atoms with Crippen molar-refractivity contribution in [3.8, 4) is 0 Å². The standard InChI is InChI=1S/C14H16N4O4S/c19-13(20)6-10-7-17(3-4-22-10)14(21)12-9-18(16-15-12)8-11-2-1-5-23-11/h1-2,5,9-10H,3-4,6-8H2,(H,19,20). The summed E-state index contributed by atoms with van der Waals surface area (Å²) in [6.45, 7) is 1.57. The van der Waals surface area contributed by atoms with Crippen LogP contribution in [-0.4, -0.2) is 62.7 Å². The first-order valence-electron chi connectivity index (χ1n) is 7.17. The number of carboxylic acid groups (broad SMARTS) is 1. The number of carbonyl (C=O) groups excluding carboxylic acids is 1. The Hall–Kier alpha value is -2.26. The summed E-state index contributed by atoms with van der Waals surface area (Å²) in [4.78, 5) is 25.9. The van der Waals surface area contributed by atoms with E-state index in [1.165, 1.54) is 0 Å². The molecule has 0 aliphatic carbocycles. The molecule has 1 aliphatic rings. The van der Waals surface area contributed by atoms with Gasteiger partial charge < -0.3 is 14.7 Å². The Balaban J connectivity index is 1.63. The van der Waals surface area contributed by atoms with Gasteiger partial charge >= 0.3 is 5.97 Å². The van der Waals surface area contributed by atoms with Crippen molar-refractivity contribution >= 4 is 23.2 Å². The summed E-state index contributed by atoms with van der Waals surface area (Å²) in [7, 11) is 0. The van der Waals surface area contributed by atoms with Crippen LogP contribution in [0.4, 0.5) is 0 Å². The quantitative estimate of drug-likeness (QED) is 0.863. The summed E-state index contributed by atoms with van der Waals surface area (Å²) < 4.78 is 6.99. The van der Waals surface area contributed by atoms with Crippen LogP contribution in [0.15, 0.2) is 23.7 Å². The number of thiophene rings is 1. The van der Waals surface area contributed by atoms with Crippen LogP contribution < -0.4 is 0 Å². The molecular weight excluding hydrogens is 320 g/mol. The SMILES string of the molecule is O=C(O)CC1CN(C(=O)c2cn(Cc3cccs3)nn2)CCO1. The predicted octanol–water partition coefficient (Wildman–Crippen LogP) is 0.704. The molecule has 122 valence electrons. The van der Waals surface area contributed by atoms with Crippen LogP contribution in [0.5, 0.6) is 0 Å². The van der Waals surface area contributed by atoms with Crippen LogP contribution in [0.2, 0.25) is 0 Å². The van der Waals surface area contributed by atoms with Crippen LogP contribution in [0.3, 0.4) is 0 Å². The van der Waals surface area contributed by atoms with Gasteiger partial charge in [0.05, 0.1) is 31.9 Å². The number of rotatable bonds is 5. The Morgan fingerprint density at radius 3 is 3.09 bits per heavy atom. The topological polar surface area (TPSA) is 97.6 Å². The van der Waals surface area contributed by atoms with Gasteiger partial charge in [-0.1, -0.05) is 11.3 Å². The molecule has 0 radical (unpaired) electrons. The van der Waals surface area contributed by atoms with Gasteiger partial charge in [-0.2, -0.15) is 0 Å². The number of nitrogens with zero attached hydrogens (tertiary/aromatic N) is 4. The van der Waals surface area contributed by atoms with Gasteiger partial charge in [-0.05, 0) is 11.4 Å². The Morgan fingerprint density at radius 1 is 1.48 bits per heavy atom. The van der Waals surface area contributed by atoms with Gasteiger partial charge in [0.15, 0.2) is 5.69 Å². The Kier molecular flexibility index (Phi) is 4.68. The van der Waals surface area contributed by atoms with Crippen LogP contribution >= 0.6 is 11.3 Å². The van der Waals surface area contributed by atoms with Gasteiger partial charge in [0.2, 0.25) is 0 Å². The molecular formula is C14H16N4O4S. The van der Waals surface area contributed by atoms with E-state index < -0.39 is 12.1 Å². The minimum absolute atomic E-state index is 0.116. The number of amides is 1. The molecule has 1 atom stereocenters. The molecule has 2 aromatic rings. The van der Waals surface area contributed by atoms with Crippen LogP contribution in [-0.2, 0) is 16.1 Å². The van der Waals surface area contributed by atoms with E-state index in [-0.39, 0.29) is 24.6 Å². The van der Waals surface area contributed by atoms with E-state index in [2.05, 4.69) is 10.3 Å². The molecule has 1 N–H and O–H groups in total. The van der Waals surface area contributed by atoms with Gasteiger partial charge in [0.25, 0.3) is 5.91 Å². The minimum atomic E-state index is -0.939. The van der Waals surface area contributed by atoms with Crippen LogP contribution in [0, 0.1) is 0 Å². The highest BCUT2D eigenvalue weighted by Crippen LogP contribution is 2.13. The number of hydrogen-bond acceptors (Lipinski definition) is 6. The first kappa shape index (κ1) is 15.6. The second kappa shape index (κ2) is 6.88. The van der Waals surface area contributed by atoms with Gasteiger partial charge in [-0.25, -0.2) is 4.68 Å². The summed E-state index contributed by atoms with van der Waals surface area (Å²) in [6, 6.07) is 3.95. The van der Waals surface area contributed by atoms with Crippen LogP contribution in [0.25, 0.3) is 0 Å². The van der Waals surface area contributed by atoms with Crippen molar-refractivity contribution in [2.45, 2.75) is 19.1 Å². The van der Waals surface area contributed by atoms with Gasteiger partial charge in [-0.15, -0.1) is 16.4 Å². The molecule has 3 rings (SSSR count). The second-order valence-electron chi connectivity index (χ2n) is 5.22. The van der Waals surface area contributed by atoms with E-state index in [0.717, 1.165) is 4.88 Å². The number of aromatic nitrogens is 3. The summed E-state index contributed by atoms with van der Waals surface area (Å²) in [5.74, 6) is -1.19. The lowest BCUT2D eigenvalue weighted by Gasteiger charge is -2.31. The lowest BCUT2D eigenvalue weighted by Crippen LogP contribution is -2.46. The number of carbonyl (C=O) groups is 2. The Bertz CT molecular complexity index is 685. The predicted molar refractivity (Wildman–Crippen MR) is 81.3 cm³/mol. The van der Waals surface area contributed by atoms with Crippen LogP contribution in [0.1, 0.15) is 21.8 Å². The number of hydrogen-bond donors (Lipinski definition) is 1. The van der Waals surface area contributed by atoms with Crippen molar-refractivity contribution in [1.29, 1.82) is 0 Å². The van der Waals surface area contributed by atoms with Crippen molar-refractivity contribution < 1.29 is 19.4 Å². The Morgan fingerprint density at radius 2 is 2.35 bits per heavy atom. The van der Waals surface area contributed by atoms with E-state index in [1.807, 2.05) is 17.5 Å². The summed E-state index contributed by atoms with van der Waals surface area (Å²) in [6.07, 6.45) is 1.02. The van der Waals surface area contributed by atoms with E-state index in [9.17, 15) is 9.59 Å². The number of aliphatic carboxylic acids is 1. The lowest BCUT2D eigenvalue weighted by atomic mass is 10.2. The molecule has 1 unspecified atom stereocenters. The zero-order valence-electron chi connectivity index (χ0n) is 12.3. The molecule has 1 amide bonds. The molecule has 23 heavy (non-hydrogen) atoms. The normalized spacial score (nSPS) is 18.1. The fourth-order valence-electron chi connectivity index (χ4n) is 2.42. The zero-order valence-corrected chi connectivity index (χ0v) is 13.1. The molecule has 9 heteroatoms. The fourth-order valence-corrected chi connectivity index (χ4v) is 3.12. The average molecular weight is 336 g/mol. The molecule has 0 bridgehead atoms. The zero-order chi connectivity index (χ0) is 16.2. The fraction of sp³-hybridized carbons (Fsp3) is 0.429. The monoisotopic (exact) mass is 336 g/mol. The van der Waals surface area contributed by atoms with Crippen molar-refractivity contribution in [1.82, 2.24) is 19.9 Å². The molecule has 3 heterocycles. The maximum absolute atomic E-state index is 12.5. The first-order valence-corrected chi connectivity index (χ1v) is 8.05. The summed E-state index contributed by atoms with van der Waals surface area (Å²) in [5.41, 5.74) is 0.262. The number of morpholine rings is 1. The van der Waals surface area contributed by atoms with E-state index >= 15 is 0 Å². The molecule has 0 aromatic carbocycles. The first-order chi connectivity index (χ1) is 11.1. The van der Waals surface area contributed by atoms with E-state index in [4.69, 9.17) is 9.84 Å².